The van der Waals surface area contributed by atoms with Crippen LogP contribution < -0.4 is 0 Å². The van der Waals surface area contributed by atoms with Crippen molar-refractivity contribution in [2.45, 2.75) is 65.8 Å². The molecule has 0 aliphatic heterocycles. The average molecular weight is 399 g/mol. The summed E-state index contributed by atoms with van der Waals surface area (Å²) in [6.45, 7) is 11.3. The van der Waals surface area contributed by atoms with Crippen LogP contribution in [0, 0.1) is 0 Å². The SMILES string of the molecule is C=Cc1ccc2c(c1)nc(CCCCC)n2Cc1ccccc1C(C)(F)F.CC. The summed E-state index contributed by atoms with van der Waals surface area (Å²) < 4.78 is 30.2. The summed E-state index contributed by atoms with van der Waals surface area (Å²) in [5, 5.41) is 0. The topological polar surface area (TPSA) is 17.8 Å². The lowest BCUT2D eigenvalue weighted by Gasteiger charge is -2.17. The van der Waals surface area contributed by atoms with Gasteiger partial charge in [0.1, 0.15) is 5.82 Å². The molecule has 3 aromatic rings. The summed E-state index contributed by atoms with van der Waals surface area (Å²) in [5.41, 5.74) is 3.58. The zero-order valence-electron chi connectivity index (χ0n) is 18.0. The van der Waals surface area contributed by atoms with Crippen molar-refractivity contribution in [3.63, 3.8) is 0 Å². The van der Waals surface area contributed by atoms with Gasteiger partial charge in [0.05, 0.1) is 11.0 Å². The molecule has 1 heterocycles. The Labute approximate surface area is 173 Å². The van der Waals surface area contributed by atoms with Crippen LogP contribution >= 0.6 is 0 Å². The van der Waals surface area contributed by atoms with Crippen molar-refractivity contribution in [3.8, 4) is 0 Å². The quantitative estimate of drug-likeness (QED) is 0.357. The third-order valence-electron chi connectivity index (χ3n) is 4.91. The van der Waals surface area contributed by atoms with Crippen molar-refractivity contribution in [2.75, 3.05) is 0 Å². The van der Waals surface area contributed by atoms with Crippen molar-refractivity contribution >= 4 is 17.1 Å². The van der Waals surface area contributed by atoms with E-state index in [0.29, 0.717) is 12.1 Å². The molecule has 0 atom stereocenters. The van der Waals surface area contributed by atoms with Crippen LogP contribution in [0.5, 0.6) is 0 Å². The summed E-state index contributed by atoms with van der Waals surface area (Å²) in [4.78, 5) is 4.81. The second kappa shape index (κ2) is 10.3. The zero-order chi connectivity index (χ0) is 21.4. The maximum Gasteiger partial charge on any atom is 0.270 e. The molecule has 0 fully saturated rings. The van der Waals surface area contributed by atoms with E-state index in [1.54, 1.807) is 18.2 Å². The molecule has 4 heteroatoms. The Bertz CT molecular complexity index is 936. The molecule has 0 bridgehead atoms. The summed E-state index contributed by atoms with van der Waals surface area (Å²) >= 11 is 0. The van der Waals surface area contributed by atoms with E-state index in [1.807, 2.05) is 38.1 Å². The predicted octanol–water partition coefficient (Wildman–Crippen LogP) is 7.60. The standard InChI is InChI=1S/C23H26F2N2.C2H6/c1-4-6-7-12-22-26-20-15-17(5-2)13-14-21(20)27(22)16-18-10-8-9-11-19(18)23(3,24)25;1-2/h5,8-11,13-15H,2,4,6-7,12,16H2,1,3H3;1-2H3. The highest BCUT2D eigenvalue weighted by Gasteiger charge is 2.27. The molecule has 0 N–H and O–H groups in total. The Balaban J connectivity index is 0.00000145. The van der Waals surface area contributed by atoms with Crippen LogP contribution in [0.3, 0.4) is 0 Å². The maximum absolute atomic E-state index is 14.1. The van der Waals surface area contributed by atoms with Gasteiger partial charge in [0, 0.05) is 25.5 Å². The first-order valence-electron chi connectivity index (χ1n) is 10.5. The van der Waals surface area contributed by atoms with Gasteiger partial charge in [-0.05, 0) is 29.7 Å². The van der Waals surface area contributed by atoms with Crippen molar-refractivity contribution < 1.29 is 8.78 Å². The number of rotatable bonds is 8. The number of aryl methyl sites for hydroxylation is 1. The normalized spacial score (nSPS) is 11.2. The number of benzene rings is 2. The number of nitrogens with zero attached hydrogens (tertiary/aromatic N) is 2. The lowest BCUT2D eigenvalue weighted by atomic mass is 10.0. The molecule has 0 amide bonds. The second-order valence-corrected chi connectivity index (χ2v) is 7.07. The second-order valence-electron chi connectivity index (χ2n) is 7.07. The van der Waals surface area contributed by atoms with E-state index in [9.17, 15) is 8.78 Å². The van der Waals surface area contributed by atoms with Crippen LogP contribution in [-0.2, 0) is 18.9 Å². The smallest absolute Gasteiger partial charge is 0.270 e. The first-order chi connectivity index (χ1) is 13.9. The Morgan fingerprint density at radius 1 is 1.10 bits per heavy atom. The van der Waals surface area contributed by atoms with Crippen LogP contribution in [-0.4, -0.2) is 9.55 Å². The van der Waals surface area contributed by atoms with Crippen molar-refractivity contribution in [3.05, 3.63) is 71.6 Å². The Kier molecular flexibility index (Phi) is 8.12. The fourth-order valence-corrected chi connectivity index (χ4v) is 3.48. The fraction of sp³-hybridized carbons (Fsp3) is 0.400. The van der Waals surface area contributed by atoms with Crippen molar-refractivity contribution in [1.82, 2.24) is 9.55 Å². The minimum absolute atomic E-state index is 0.0778. The molecule has 0 aliphatic rings. The molecular formula is C25H32F2N2. The van der Waals surface area contributed by atoms with Crippen LogP contribution in [0.2, 0.25) is 0 Å². The number of hydrogen-bond donors (Lipinski definition) is 0. The summed E-state index contributed by atoms with van der Waals surface area (Å²) in [5.74, 6) is -1.92. The first kappa shape index (κ1) is 22.8. The van der Waals surface area contributed by atoms with E-state index < -0.39 is 5.92 Å². The van der Waals surface area contributed by atoms with E-state index in [1.165, 1.54) is 6.07 Å². The highest BCUT2D eigenvalue weighted by atomic mass is 19.3. The number of alkyl halides is 2. The van der Waals surface area contributed by atoms with Gasteiger partial charge >= 0.3 is 0 Å². The number of fused-ring (bicyclic) bond motifs is 1. The minimum Gasteiger partial charge on any atom is -0.323 e. The Hall–Kier alpha value is -2.49. The number of halogens is 2. The van der Waals surface area contributed by atoms with Gasteiger partial charge in [0.2, 0.25) is 0 Å². The molecule has 0 aliphatic carbocycles. The summed E-state index contributed by atoms with van der Waals surface area (Å²) in [6, 6.07) is 12.8. The molecule has 0 saturated heterocycles. The van der Waals surface area contributed by atoms with E-state index >= 15 is 0 Å². The van der Waals surface area contributed by atoms with Gasteiger partial charge < -0.3 is 4.57 Å². The maximum atomic E-state index is 14.1. The van der Waals surface area contributed by atoms with Gasteiger partial charge in [-0.15, -0.1) is 0 Å². The highest BCUT2D eigenvalue weighted by molar-refractivity contribution is 5.79. The lowest BCUT2D eigenvalue weighted by molar-refractivity contribution is 0.0164. The number of unbranched alkanes of at least 4 members (excludes halogenated alkanes) is 2. The van der Waals surface area contributed by atoms with Crippen LogP contribution in [0.1, 0.15) is 69.5 Å². The van der Waals surface area contributed by atoms with Crippen LogP contribution in [0.25, 0.3) is 17.1 Å². The van der Waals surface area contributed by atoms with E-state index in [-0.39, 0.29) is 5.56 Å². The number of hydrogen-bond acceptors (Lipinski definition) is 1. The van der Waals surface area contributed by atoms with Crippen LogP contribution in [0.15, 0.2) is 49.0 Å². The predicted molar refractivity (Wildman–Crippen MR) is 120 cm³/mol. The van der Waals surface area contributed by atoms with E-state index in [2.05, 4.69) is 18.1 Å². The molecular weight excluding hydrogens is 366 g/mol. The monoisotopic (exact) mass is 398 g/mol. The fourth-order valence-electron chi connectivity index (χ4n) is 3.48. The number of imidazole rings is 1. The van der Waals surface area contributed by atoms with Gasteiger partial charge in [-0.2, -0.15) is 0 Å². The molecule has 3 rings (SSSR count). The molecule has 0 radical (unpaired) electrons. The minimum atomic E-state index is -2.87. The van der Waals surface area contributed by atoms with Gasteiger partial charge in [-0.25, -0.2) is 13.8 Å². The van der Waals surface area contributed by atoms with Gasteiger partial charge in [0.15, 0.2) is 0 Å². The molecule has 1 aromatic heterocycles. The first-order valence-corrected chi connectivity index (χ1v) is 10.5. The highest BCUT2D eigenvalue weighted by Crippen LogP contribution is 2.31. The van der Waals surface area contributed by atoms with E-state index in [4.69, 9.17) is 4.98 Å². The Morgan fingerprint density at radius 3 is 2.48 bits per heavy atom. The average Bonchev–Trinajstić information content (AvgIpc) is 3.06. The summed E-state index contributed by atoms with van der Waals surface area (Å²) in [6.07, 6.45) is 5.94. The molecule has 0 saturated carbocycles. The van der Waals surface area contributed by atoms with Crippen molar-refractivity contribution in [2.24, 2.45) is 0 Å². The molecule has 156 valence electrons. The molecule has 2 aromatic carbocycles. The van der Waals surface area contributed by atoms with Crippen molar-refractivity contribution in [1.29, 1.82) is 0 Å². The van der Waals surface area contributed by atoms with Gasteiger partial charge in [0.25, 0.3) is 5.92 Å². The number of aromatic nitrogens is 2. The largest absolute Gasteiger partial charge is 0.323 e. The van der Waals surface area contributed by atoms with Crippen LogP contribution in [0.4, 0.5) is 8.78 Å². The summed E-state index contributed by atoms with van der Waals surface area (Å²) in [7, 11) is 0. The molecule has 2 nitrogen and oxygen atoms in total. The molecule has 0 unspecified atom stereocenters. The third kappa shape index (κ3) is 5.53. The van der Waals surface area contributed by atoms with E-state index in [0.717, 1.165) is 55.0 Å². The zero-order valence-corrected chi connectivity index (χ0v) is 18.0. The van der Waals surface area contributed by atoms with Gasteiger partial charge in [-0.3, -0.25) is 0 Å². The third-order valence-corrected chi connectivity index (χ3v) is 4.91. The lowest BCUT2D eigenvalue weighted by Crippen LogP contribution is -2.14. The Morgan fingerprint density at radius 2 is 1.83 bits per heavy atom. The molecule has 0 spiro atoms. The van der Waals surface area contributed by atoms with Gasteiger partial charge in [-0.1, -0.05) is 76.6 Å². The molecule has 29 heavy (non-hydrogen) atoms.